The second-order valence-corrected chi connectivity index (χ2v) is 4.33. The van der Waals surface area contributed by atoms with Gasteiger partial charge >= 0.3 is 12.1 Å². The van der Waals surface area contributed by atoms with E-state index < -0.39 is 30.6 Å². The molecule has 2 amide bonds. The lowest BCUT2D eigenvalue weighted by molar-refractivity contribution is -0.138. The van der Waals surface area contributed by atoms with Gasteiger partial charge in [-0.1, -0.05) is 26.5 Å². The third kappa shape index (κ3) is 8.64. The smallest absolute Gasteiger partial charge is 0.408 e. The highest BCUT2D eigenvalue weighted by Gasteiger charge is 2.22. The van der Waals surface area contributed by atoms with Crippen molar-refractivity contribution in [3.05, 3.63) is 12.7 Å². The van der Waals surface area contributed by atoms with Crippen LogP contribution in [0.15, 0.2) is 12.7 Å². The van der Waals surface area contributed by atoms with Crippen LogP contribution in [0.25, 0.3) is 0 Å². The number of carbonyl (C=O) groups excluding carboxylic acids is 2. The number of carbonyl (C=O) groups is 3. The fraction of sp³-hybridized carbons (Fsp3) is 0.583. The summed E-state index contributed by atoms with van der Waals surface area (Å²) in [6, 6.07) is -0.823. The van der Waals surface area contributed by atoms with Crippen molar-refractivity contribution in [2.75, 3.05) is 13.2 Å². The van der Waals surface area contributed by atoms with Crippen LogP contribution in [0, 0.1) is 5.92 Å². The molecule has 0 aromatic rings. The summed E-state index contributed by atoms with van der Waals surface area (Å²) in [4.78, 5) is 33.5. The molecule has 0 aromatic carbocycles. The van der Waals surface area contributed by atoms with E-state index in [0.29, 0.717) is 6.42 Å². The number of hydrogen-bond acceptors (Lipinski definition) is 4. The van der Waals surface area contributed by atoms with Gasteiger partial charge in [-0.3, -0.25) is 9.59 Å². The molecular weight excluding hydrogens is 252 g/mol. The minimum absolute atomic E-state index is 0.0387. The Morgan fingerprint density at radius 3 is 2.47 bits per heavy atom. The first-order valence-corrected chi connectivity index (χ1v) is 5.90. The molecule has 0 fully saturated rings. The fourth-order valence-electron chi connectivity index (χ4n) is 1.31. The zero-order valence-electron chi connectivity index (χ0n) is 11.1. The summed E-state index contributed by atoms with van der Waals surface area (Å²) in [6.45, 7) is 6.71. The number of carboxylic acids is 1. The number of ether oxygens (including phenoxy) is 1. The Morgan fingerprint density at radius 1 is 1.37 bits per heavy atom. The molecule has 19 heavy (non-hydrogen) atoms. The molecule has 0 heterocycles. The molecule has 0 spiro atoms. The van der Waals surface area contributed by atoms with E-state index in [-0.39, 0.29) is 12.5 Å². The van der Waals surface area contributed by atoms with Gasteiger partial charge in [0.25, 0.3) is 0 Å². The first kappa shape index (κ1) is 16.9. The summed E-state index contributed by atoms with van der Waals surface area (Å²) in [5, 5.41) is 13.1. The predicted octanol–water partition coefficient (Wildman–Crippen LogP) is 0.514. The highest BCUT2D eigenvalue weighted by Crippen LogP contribution is 2.05. The molecule has 1 unspecified atom stereocenters. The molecule has 0 rings (SSSR count). The van der Waals surface area contributed by atoms with Crippen LogP contribution in [0.3, 0.4) is 0 Å². The highest BCUT2D eigenvalue weighted by atomic mass is 16.5. The van der Waals surface area contributed by atoms with Crippen LogP contribution in [0.2, 0.25) is 0 Å². The third-order valence-electron chi connectivity index (χ3n) is 2.06. The van der Waals surface area contributed by atoms with Crippen molar-refractivity contribution < 1.29 is 24.2 Å². The Morgan fingerprint density at radius 2 is 2.00 bits per heavy atom. The number of hydrogen-bond donors (Lipinski definition) is 3. The first-order valence-electron chi connectivity index (χ1n) is 5.90. The van der Waals surface area contributed by atoms with Gasteiger partial charge in [0.2, 0.25) is 5.91 Å². The molecule has 108 valence electrons. The van der Waals surface area contributed by atoms with Gasteiger partial charge in [0, 0.05) is 0 Å². The van der Waals surface area contributed by atoms with Gasteiger partial charge < -0.3 is 20.5 Å². The fourth-order valence-corrected chi connectivity index (χ4v) is 1.31. The van der Waals surface area contributed by atoms with E-state index in [1.165, 1.54) is 6.08 Å². The minimum Gasteiger partial charge on any atom is -0.480 e. The maximum atomic E-state index is 11.7. The third-order valence-corrected chi connectivity index (χ3v) is 2.06. The van der Waals surface area contributed by atoms with E-state index in [9.17, 15) is 14.4 Å². The average molecular weight is 272 g/mol. The summed E-state index contributed by atoms with van der Waals surface area (Å²) < 4.78 is 4.71. The molecule has 0 bridgehead atoms. The van der Waals surface area contributed by atoms with Crippen LogP contribution in [0.1, 0.15) is 20.3 Å². The standard InChI is InChI=1S/C12H20N2O5/c1-4-5-19-12(18)14-9(6-8(2)3)11(17)13-7-10(15)16/h4,8-9H,1,5-7H2,2-3H3,(H,13,17)(H,14,18)(H,15,16). The zero-order chi connectivity index (χ0) is 14.8. The largest absolute Gasteiger partial charge is 0.480 e. The van der Waals surface area contributed by atoms with Crippen molar-refractivity contribution >= 4 is 18.0 Å². The number of amides is 2. The van der Waals surface area contributed by atoms with Gasteiger partial charge in [-0.05, 0) is 12.3 Å². The van der Waals surface area contributed by atoms with E-state index in [1.807, 2.05) is 13.8 Å². The quantitative estimate of drug-likeness (QED) is 0.558. The van der Waals surface area contributed by atoms with Crippen molar-refractivity contribution in [2.45, 2.75) is 26.3 Å². The highest BCUT2D eigenvalue weighted by molar-refractivity contribution is 5.87. The molecule has 7 heteroatoms. The maximum Gasteiger partial charge on any atom is 0.408 e. The monoisotopic (exact) mass is 272 g/mol. The second kappa shape index (κ2) is 8.96. The topological polar surface area (TPSA) is 105 Å². The molecule has 0 aromatic heterocycles. The SMILES string of the molecule is C=CCOC(=O)NC(CC(C)C)C(=O)NCC(=O)O. The van der Waals surface area contributed by atoms with Crippen molar-refractivity contribution in [1.82, 2.24) is 10.6 Å². The van der Waals surface area contributed by atoms with Crippen LogP contribution in [-0.4, -0.2) is 42.3 Å². The maximum absolute atomic E-state index is 11.7. The van der Waals surface area contributed by atoms with Gasteiger partial charge in [-0.25, -0.2) is 4.79 Å². The Hall–Kier alpha value is -2.05. The molecule has 0 aliphatic heterocycles. The minimum atomic E-state index is -1.15. The van der Waals surface area contributed by atoms with Crippen molar-refractivity contribution in [3.63, 3.8) is 0 Å². The molecule has 3 N–H and O–H groups in total. The van der Waals surface area contributed by atoms with E-state index in [4.69, 9.17) is 9.84 Å². The summed E-state index contributed by atoms with van der Waals surface area (Å²) in [5.41, 5.74) is 0. The number of aliphatic carboxylic acids is 1. The van der Waals surface area contributed by atoms with Gasteiger partial charge in [0.05, 0.1) is 0 Å². The van der Waals surface area contributed by atoms with Gasteiger partial charge in [-0.15, -0.1) is 0 Å². The van der Waals surface area contributed by atoms with Crippen LogP contribution in [-0.2, 0) is 14.3 Å². The lowest BCUT2D eigenvalue weighted by atomic mass is 10.0. The van der Waals surface area contributed by atoms with Crippen LogP contribution < -0.4 is 10.6 Å². The number of rotatable bonds is 8. The molecule has 0 saturated carbocycles. The molecule has 1 atom stereocenters. The second-order valence-electron chi connectivity index (χ2n) is 4.33. The van der Waals surface area contributed by atoms with Crippen LogP contribution >= 0.6 is 0 Å². The van der Waals surface area contributed by atoms with Gasteiger partial charge in [0.1, 0.15) is 19.2 Å². The summed E-state index contributed by atoms with van der Waals surface area (Å²) in [7, 11) is 0. The molecule has 0 radical (unpaired) electrons. The predicted molar refractivity (Wildman–Crippen MR) is 68.6 cm³/mol. The number of carboxylic acid groups (broad SMARTS) is 1. The van der Waals surface area contributed by atoms with Crippen molar-refractivity contribution in [2.24, 2.45) is 5.92 Å². The Balaban J connectivity index is 4.43. The van der Waals surface area contributed by atoms with E-state index in [2.05, 4.69) is 17.2 Å². The number of nitrogens with one attached hydrogen (secondary N) is 2. The molecule has 0 aliphatic carbocycles. The molecule has 0 saturated heterocycles. The van der Waals surface area contributed by atoms with Gasteiger partial charge in [-0.2, -0.15) is 0 Å². The van der Waals surface area contributed by atoms with Crippen molar-refractivity contribution in [3.8, 4) is 0 Å². The molecule has 0 aliphatic rings. The lowest BCUT2D eigenvalue weighted by Crippen LogP contribution is -2.48. The van der Waals surface area contributed by atoms with Crippen LogP contribution in [0.5, 0.6) is 0 Å². The Kier molecular flexibility index (Phi) is 7.99. The van der Waals surface area contributed by atoms with Crippen LogP contribution in [0.4, 0.5) is 4.79 Å². The summed E-state index contributed by atoms with van der Waals surface area (Å²) >= 11 is 0. The average Bonchev–Trinajstić information content (AvgIpc) is 2.31. The Bertz CT molecular complexity index is 341. The summed E-state index contributed by atoms with van der Waals surface area (Å²) in [5.74, 6) is -1.54. The molecular formula is C12H20N2O5. The molecule has 7 nitrogen and oxygen atoms in total. The lowest BCUT2D eigenvalue weighted by Gasteiger charge is -2.19. The normalized spacial score (nSPS) is 11.5. The number of alkyl carbamates (subject to hydrolysis) is 1. The first-order chi connectivity index (χ1) is 8.86. The van der Waals surface area contributed by atoms with E-state index >= 15 is 0 Å². The van der Waals surface area contributed by atoms with Gasteiger partial charge in [0.15, 0.2) is 0 Å². The van der Waals surface area contributed by atoms with Crippen molar-refractivity contribution in [1.29, 1.82) is 0 Å². The van der Waals surface area contributed by atoms with E-state index in [0.717, 1.165) is 0 Å². The Labute approximate surface area is 112 Å². The zero-order valence-corrected chi connectivity index (χ0v) is 11.1. The van der Waals surface area contributed by atoms with E-state index in [1.54, 1.807) is 0 Å². The summed E-state index contributed by atoms with van der Waals surface area (Å²) in [6.07, 6.45) is 1.05.